The van der Waals surface area contributed by atoms with Gasteiger partial charge in [0.05, 0.1) is 5.41 Å². The number of hydrogen-bond acceptors (Lipinski definition) is 3. The van der Waals surface area contributed by atoms with E-state index in [0.29, 0.717) is 19.0 Å². The molecule has 0 bridgehead atoms. The van der Waals surface area contributed by atoms with Crippen LogP contribution in [0.25, 0.3) is 22.3 Å². The van der Waals surface area contributed by atoms with Crippen LogP contribution in [0.3, 0.4) is 0 Å². The number of carbonyl (C=O) groups is 1. The van der Waals surface area contributed by atoms with Gasteiger partial charge in [0.25, 0.3) is 0 Å². The van der Waals surface area contributed by atoms with E-state index in [9.17, 15) is 13.6 Å². The normalized spacial score (nSPS) is 18.1. The van der Waals surface area contributed by atoms with Crippen LogP contribution in [0, 0.1) is 17.6 Å². The molecule has 3 aromatic rings. The van der Waals surface area contributed by atoms with Crippen molar-refractivity contribution in [2.45, 2.75) is 31.7 Å². The van der Waals surface area contributed by atoms with Crippen molar-refractivity contribution in [3.05, 3.63) is 83.9 Å². The van der Waals surface area contributed by atoms with Gasteiger partial charge < -0.3 is 16.4 Å². The standard InChI is InChI=1S/C28H31F2N3O/c1-28(2,27(34)33-17-26-11-18(15-31)16-32-26)23-13-21(19-3-7-24(29)8-4-19)12-22(14-23)20-5-9-25(30)10-6-20/h3-10,12-14,18,26,32H,11,15-17,31H2,1-2H3,(H,33,34)/t18-,26+/m1/s1. The lowest BCUT2D eigenvalue weighted by Crippen LogP contribution is -2.45. The molecule has 6 heteroatoms. The van der Waals surface area contributed by atoms with Crippen molar-refractivity contribution in [2.75, 3.05) is 19.6 Å². The van der Waals surface area contributed by atoms with Crippen molar-refractivity contribution in [1.82, 2.24) is 10.6 Å². The molecule has 0 aromatic heterocycles. The molecule has 4 nitrogen and oxygen atoms in total. The molecule has 1 heterocycles. The molecule has 1 aliphatic rings. The molecular weight excluding hydrogens is 432 g/mol. The number of carbonyl (C=O) groups excluding carboxylic acids is 1. The highest BCUT2D eigenvalue weighted by atomic mass is 19.1. The highest BCUT2D eigenvalue weighted by molar-refractivity contribution is 5.89. The molecule has 0 unspecified atom stereocenters. The van der Waals surface area contributed by atoms with E-state index >= 15 is 0 Å². The summed E-state index contributed by atoms with van der Waals surface area (Å²) in [6.07, 6.45) is 0.950. The zero-order valence-corrected chi connectivity index (χ0v) is 19.6. The van der Waals surface area contributed by atoms with Crippen LogP contribution in [-0.2, 0) is 10.2 Å². The minimum absolute atomic E-state index is 0.0770. The minimum Gasteiger partial charge on any atom is -0.354 e. The van der Waals surface area contributed by atoms with Gasteiger partial charge in [0, 0.05) is 12.6 Å². The Kier molecular flexibility index (Phi) is 7.10. The number of nitrogens with one attached hydrogen (secondary N) is 2. The van der Waals surface area contributed by atoms with Crippen LogP contribution in [-0.4, -0.2) is 31.6 Å². The first-order valence-corrected chi connectivity index (χ1v) is 11.7. The maximum absolute atomic E-state index is 13.5. The second-order valence-corrected chi connectivity index (χ2v) is 9.59. The Labute approximate surface area is 199 Å². The van der Waals surface area contributed by atoms with E-state index in [-0.39, 0.29) is 23.6 Å². The first-order valence-electron chi connectivity index (χ1n) is 11.7. The van der Waals surface area contributed by atoms with E-state index in [1.807, 2.05) is 32.0 Å². The van der Waals surface area contributed by atoms with E-state index in [0.717, 1.165) is 40.8 Å². The van der Waals surface area contributed by atoms with Crippen LogP contribution in [0.15, 0.2) is 66.7 Å². The third-order valence-corrected chi connectivity index (χ3v) is 6.73. The number of hydrogen-bond donors (Lipinski definition) is 3. The van der Waals surface area contributed by atoms with E-state index in [1.54, 1.807) is 24.3 Å². The van der Waals surface area contributed by atoms with E-state index in [4.69, 9.17) is 5.73 Å². The average Bonchev–Trinajstić information content (AvgIpc) is 3.31. The monoisotopic (exact) mass is 463 g/mol. The van der Waals surface area contributed by atoms with Crippen LogP contribution in [0.5, 0.6) is 0 Å². The van der Waals surface area contributed by atoms with Crippen molar-refractivity contribution in [2.24, 2.45) is 11.7 Å². The summed E-state index contributed by atoms with van der Waals surface area (Å²) in [7, 11) is 0. The number of nitrogens with two attached hydrogens (primary N) is 1. The average molecular weight is 464 g/mol. The van der Waals surface area contributed by atoms with E-state index in [1.165, 1.54) is 24.3 Å². The molecule has 4 rings (SSSR count). The maximum atomic E-state index is 13.5. The summed E-state index contributed by atoms with van der Waals surface area (Å²) in [5.41, 5.74) is 9.17. The van der Waals surface area contributed by atoms with E-state index < -0.39 is 5.41 Å². The summed E-state index contributed by atoms with van der Waals surface area (Å²) in [4.78, 5) is 13.3. The lowest BCUT2D eigenvalue weighted by molar-refractivity contribution is -0.125. The Morgan fingerprint density at radius 1 is 0.941 bits per heavy atom. The third-order valence-electron chi connectivity index (χ3n) is 6.73. The molecular formula is C28H31F2N3O. The van der Waals surface area contributed by atoms with Gasteiger partial charge in [0.15, 0.2) is 0 Å². The molecule has 34 heavy (non-hydrogen) atoms. The highest BCUT2D eigenvalue weighted by Crippen LogP contribution is 2.34. The van der Waals surface area contributed by atoms with Gasteiger partial charge in [0.1, 0.15) is 11.6 Å². The SMILES string of the molecule is CC(C)(C(=O)NC[C@@H]1C[C@H](CN)CN1)c1cc(-c2ccc(F)cc2)cc(-c2ccc(F)cc2)c1. The van der Waals surface area contributed by atoms with Crippen molar-refractivity contribution < 1.29 is 13.6 Å². The van der Waals surface area contributed by atoms with Crippen LogP contribution < -0.4 is 16.4 Å². The van der Waals surface area contributed by atoms with Crippen molar-refractivity contribution in [3.63, 3.8) is 0 Å². The molecule has 0 radical (unpaired) electrons. The summed E-state index contributed by atoms with van der Waals surface area (Å²) in [5.74, 6) is -0.251. The maximum Gasteiger partial charge on any atom is 0.230 e. The molecule has 4 N–H and O–H groups in total. The molecule has 0 spiro atoms. The zero-order chi connectivity index (χ0) is 24.3. The van der Waals surface area contributed by atoms with Gasteiger partial charge in [-0.15, -0.1) is 0 Å². The predicted molar refractivity (Wildman–Crippen MR) is 132 cm³/mol. The van der Waals surface area contributed by atoms with Crippen LogP contribution in [0.2, 0.25) is 0 Å². The van der Waals surface area contributed by atoms with Crippen molar-refractivity contribution in [3.8, 4) is 22.3 Å². The quantitative estimate of drug-likeness (QED) is 0.479. The lowest BCUT2D eigenvalue weighted by Gasteiger charge is -2.27. The summed E-state index contributed by atoms with van der Waals surface area (Å²) in [5, 5.41) is 6.52. The lowest BCUT2D eigenvalue weighted by atomic mass is 9.80. The fourth-order valence-electron chi connectivity index (χ4n) is 4.41. The third kappa shape index (κ3) is 5.34. The number of amides is 1. The summed E-state index contributed by atoms with van der Waals surface area (Å²) in [6.45, 7) is 5.85. The fraction of sp³-hybridized carbons (Fsp3) is 0.321. The molecule has 178 valence electrons. The smallest absolute Gasteiger partial charge is 0.230 e. The first kappa shape index (κ1) is 24.0. The molecule has 0 saturated carbocycles. The Morgan fingerprint density at radius 3 is 1.94 bits per heavy atom. The highest BCUT2D eigenvalue weighted by Gasteiger charge is 2.32. The van der Waals surface area contributed by atoms with Gasteiger partial charge in [-0.05, 0) is 97.4 Å². The second kappa shape index (κ2) is 10.0. The summed E-state index contributed by atoms with van der Waals surface area (Å²) >= 11 is 0. The second-order valence-electron chi connectivity index (χ2n) is 9.59. The van der Waals surface area contributed by atoms with Gasteiger partial charge in [-0.3, -0.25) is 4.79 Å². The Bertz CT molecular complexity index is 1080. The Morgan fingerprint density at radius 2 is 1.47 bits per heavy atom. The van der Waals surface area contributed by atoms with Crippen LogP contribution in [0.4, 0.5) is 8.78 Å². The predicted octanol–water partition coefficient (Wildman–Crippen LogP) is 4.63. The molecule has 3 aromatic carbocycles. The van der Waals surface area contributed by atoms with Crippen LogP contribution in [0.1, 0.15) is 25.8 Å². The van der Waals surface area contributed by atoms with Gasteiger partial charge >= 0.3 is 0 Å². The van der Waals surface area contributed by atoms with Gasteiger partial charge in [0.2, 0.25) is 5.91 Å². The van der Waals surface area contributed by atoms with Gasteiger partial charge in [-0.2, -0.15) is 0 Å². The first-order chi connectivity index (χ1) is 16.3. The Hall–Kier alpha value is -3.09. The molecule has 1 saturated heterocycles. The largest absolute Gasteiger partial charge is 0.354 e. The van der Waals surface area contributed by atoms with Gasteiger partial charge in [-0.25, -0.2) is 8.78 Å². The molecule has 1 fully saturated rings. The fourth-order valence-corrected chi connectivity index (χ4v) is 4.41. The molecule has 0 aliphatic carbocycles. The summed E-state index contributed by atoms with van der Waals surface area (Å²) < 4.78 is 27.0. The zero-order valence-electron chi connectivity index (χ0n) is 19.6. The minimum atomic E-state index is -0.823. The molecule has 1 aliphatic heterocycles. The number of rotatable bonds is 7. The van der Waals surface area contributed by atoms with Crippen molar-refractivity contribution >= 4 is 5.91 Å². The Balaban J connectivity index is 1.65. The van der Waals surface area contributed by atoms with Crippen LogP contribution >= 0.6 is 0 Å². The van der Waals surface area contributed by atoms with E-state index in [2.05, 4.69) is 10.6 Å². The molecule has 1 amide bonds. The summed E-state index contributed by atoms with van der Waals surface area (Å²) in [6, 6.07) is 18.7. The van der Waals surface area contributed by atoms with Crippen molar-refractivity contribution in [1.29, 1.82) is 0 Å². The van der Waals surface area contributed by atoms with Gasteiger partial charge in [-0.1, -0.05) is 36.4 Å². The number of halogens is 2. The molecule has 2 atom stereocenters. The number of benzene rings is 3. The topological polar surface area (TPSA) is 67.2 Å².